The van der Waals surface area contributed by atoms with E-state index in [4.69, 9.17) is 4.74 Å². The maximum Gasteiger partial charge on any atom is 0.125 e. The van der Waals surface area contributed by atoms with Gasteiger partial charge >= 0.3 is 0 Å². The molecule has 0 bridgehead atoms. The first-order valence-corrected chi connectivity index (χ1v) is 7.44. The van der Waals surface area contributed by atoms with Crippen LogP contribution in [0.4, 0.5) is 0 Å². The first-order valence-electron chi connectivity index (χ1n) is 6.62. The lowest BCUT2D eigenvalue weighted by atomic mass is 10.1. The minimum atomic E-state index is 0.0861. The number of hydrogen-bond acceptors (Lipinski definition) is 5. The van der Waals surface area contributed by atoms with Crippen LogP contribution in [-0.2, 0) is 17.9 Å². The van der Waals surface area contributed by atoms with Crippen LogP contribution in [0.2, 0.25) is 0 Å². The molecule has 0 aliphatic rings. The zero-order chi connectivity index (χ0) is 14.6. The molecule has 2 rings (SSSR count). The van der Waals surface area contributed by atoms with Gasteiger partial charge in [-0.2, -0.15) is 0 Å². The van der Waals surface area contributed by atoms with E-state index >= 15 is 0 Å². The summed E-state index contributed by atoms with van der Waals surface area (Å²) < 4.78 is 5.25. The summed E-state index contributed by atoms with van der Waals surface area (Å²) in [5.41, 5.74) is 2.15. The molecule has 0 spiro atoms. The second-order valence-corrected chi connectivity index (χ2v) is 6.75. The summed E-state index contributed by atoms with van der Waals surface area (Å²) in [5, 5.41) is 4.50. The van der Waals surface area contributed by atoms with Crippen LogP contribution in [0.25, 0.3) is 10.6 Å². The Labute approximate surface area is 124 Å². The van der Waals surface area contributed by atoms with Gasteiger partial charge in [0.2, 0.25) is 0 Å². The highest BCUT2D eigenvalue weighted by Crippen LogP contribution is 2.28. The molecular weight excluding hydrogens is 270 g/mol. The average molecular weight is 291 g/mol. The van der Waals surface area contributed by atoms with Crippen LogP contribution >= 0.6 is 11.3 Å². The third kappa shape index (κ3) is 4.10. The summed E-state index contributed by atoms with van der Waals surface area (Å²) in [6.45, 7) is 7.82. The topological polar surface area (TPSA) is 47.0 Å². The van der Waals surface area contributed by atoms with Crippen molar-refractivity contribution in [3.8, 4) is 10.6 Å². The molecule has 0 fully saturated rings. The molecule has 5 heteroatoms. The minimum Gasteiger partial charge on any atom is -0.378 e. The predicted molar refractivity (Wildman–Crippen MR) is 82.7 cm³/mol. The minimum absolute atomic E-state index is 0.0861. The average Bonchev–Trinajstić information content (AvgIpc) is 2.80. The van der Waals surface area contributed by atoms with E-state index in [0.29, 0.717) is 6.61 Å². The number of ether oxygens (including phenoxy) is 1. The van der Waals surface area contributed by atoms with Gasteiger partial charge < -0.3 is 10.1 Å². The van der Waals surface area contributed by atoms with Crippen molar-refractivity contribution in [1.29, 1.82) is 0 Å². The van der Waals surface area contributed by atoms with E-state index in [1.54, 1.807) is 24.6 Å². The molecule has 2 aromatic rings. The van der Waals surface area contributed by atoms with Gasteiger partial charge in [-0.05, 0) is 32.9 Å². The second kappa shape index (κ2) is 6.43. The Hall–Kier alpha value is -1.30. The molecule has 108 valence electrons. The lowest BCUT2D eigenvalue weighted by Crippen LogP contribution is -2.35. The fourth-order valence-electron chi connectivity index (χ4n) is 1.73. The van der Waals surface area contributed by atoms with E-state index in [-0.39, 0.29) is 5.54 Å². The molecule has 0 unspecified atom stereocenters. The molecule has 1 N–H and O–H groups in total. The highest BCUT2D eigenvalue weighted by Gasteiger charge is 2.15. The second-order valence-electron chi connectivity index (χ2n) is 5.67. The van der Waals surface area contributed by atoms with Crippen molar-refractivity contribution in [3.63, 3.8) is 0 Å². The van der Waals surface area contributed by atoms with Crippen molar-refractivity contribution in [3.05, 3.63) is 35.1 Å². The molecule has 0 aliphatic carbocycles. The van der Waals surface area contributed by atoms with Crippen LogP contribution in [0.15, 0.2) is 24.5 Å². The summed E-state index contributed by atoms with van der Waals surface area (Å²) in [4.78, 5) is 10.1. The number of hydrogen-bond donors (Lipinski definition) is 1. The van der Waals surface area contributed by atoms with Gasteiger partial charge in [0.05, 0.1) is 12.3 Å². The molecule has 0 saturated carbocycles. The van der Waals surface area contributed by atoms with Crippen molar-refractivity contribution < 1.29 is 4.74 Å². The maximum absolute atomic E-state index is 5.25. The highest BCUT2D eigenvalue weighted by atomic mass is 32.1. The lowest BCUT2D eigenvalue weighted by molar-refractivity contribution is 0.181. The normalized spacial score (nSPS) is 11.8. The number of nitrogens with zero attached hydrogens (tertiary/aromatic N) is 2. The Kier molecular flexibility index (Phi) is 4.86. The molecule has 2 heterocycles. The Morgan fingerprint density at radius 1 is 1.35 bits per heavy atom. The van der Waals surface area contributed by atoms with Crippen molar-refractivity contribution in [2.75, 3.05) is 7.11 Å². The molecule has 20 heavy (non-hydrogen) atoms. The van der Waals surface area contributed by atoms with E-state index in [1.807, 2.05) is 18.3 Å². The summed E-state index contributed by atoms with van der Waals surface area (Å²) in [6, 6.07) is 3.96. The van der Waals surface area contributed by atoms with Crippen LogP contribution in [0, 0.1) is 0 Å². The number of aromatic nitrogens is 2. The van der Waals surface area contributed by atoms with Gasteiger partial charge in [0.1, 0.15) is 5.01 Å². The quantitative estimate of drug-likeness (QED) is 0.918. The lowest BCUT2D eigenvalue weighted by Gasteiger charge is -2.20. The monoisotopic (exact) mass is 291 g/mol. The largest absolute Gasteiger partial charge is 0.378 e. The Bertz CT molecular complexity index is 546. The fourth-order valence-corrected chi connectivity index (χ4v) is 2.72. The van der Waals surface area contributed by atoms with Gasteiger partial charge in [0.25, 0.3) is 0 Å². The third-order valence-electron chi connectivity index (χ3n) is 2.75. The summed E-state index contributed by atoms with van der Waals surface area (Å²) in [6.07, 6.45) is 3.62. The van der Waals surface area contributed by atoms with E-state index in [0.717, 1.165) is 22.8 Å². The highest BCUT2D eigenvalue weighted by molar-refractivity contribution is 7.15. The van der Waals surface area contributed by atoms with Crippen LogP contribution < -0.4 is 5.32 Å². The van der Waals surface area contributed by atoms with Crippen molar-refractivity contribution in [1.82, 2.24) is 15.3 Å². The summed E-state index contributed by atoms with van der Waals surface area (Å²) in [5.74, 6) is 0. The first-order chi connectivity index (χ1) is 9.49. The van der Waals surface area contributed by atoms with E-state index < -0.39 is 0 Å². The van der Waals surface area contributed by atoms with Crippen LogP contribution in [-0.4, -0.2) is 22.6 Å². The van der Waals surface area contributed by atoms with Crippen molar-refractivity contribution >= 4 is 11.3 Å². The van der Waals surface area contributed by atoms with Gasteiger partial charge in [-0.1, -0.05) is 0 Å². The van der Waals surface area contributed by atoms with Crippen LogP contribution in [0.5, 0.6) is 0 Å². The molecule has 0 atom stereocenters. The van der Waals surface area contributed by atoms with E-state index in [1.165, 1.54) is 4.88 Å². The number of rotatable bonds is 5. The molecule has 0 radical (unpaired) electrons. The number of thiazole rings is 1. The van der Waals surface area contributed by atoms with E-state index in [2.05, 4.69) is 36.1 Å². The first kappa shape index (κ1) is 15.1. The molecule has 0 aliphatic heterocycles. The standard InChI is InChI=1S/C15H21N3OS/c1-15(2,3)17-9-13-12(10-19-4)18-14(20-13)11-6-5-7-16-8-11/h5-8,17H,9-10H2,1-4H3. The number of nitrogens with one attached hydrogen (secondary N) is 1. The van der Waals surface area contributed by atoms with Crippen molar-refractivity contribution in [2.45, 2.75) is 39.5 Å². The van der Waals surface area contributed by atoms with Gasteiger partial charge in [-0.15, -0.1) is 11.3 Å². The smallest absolute Gasteiger partial charge is 0.125 e. The predicted octanol–water partition coefficient (Wildman–Crippen LogP) is 3.24. The molecule has 0 aromatic carbocycles. The summed E-state index contributed by atoms with van der Waals surface area (Å²) in [7, 11) is 1.70. The summed E-state index contributed by atoms with van der Waals surface area (Å²) >= 11 is 1.70. The zero-order valence-corrected chi connectivity index (χ0v) is 13.3. The molecule has 0 amide bonds. The molecule has 2 aromatic heterocycles. The Balaban J connectivity index is 2.24. The van der Waals surface area contributed by atoms with E-state index in [9.17, 15) is 0 Å². The fraction of sp³-hybridized carbons (Fsp3) is 0.467. The van der Waals surface area contributed by atoms with Gasteiger partial charge in [0.15, 0.2) is 0 Å². The Morgan fingerprint density at radius 2 is 2.15 bits per heavy atom. The van der Waals surface area contributed by atoms with Gasteiger partial charge in [0, 0.05) is 42.0 Å². The van der Waals surface area contributed by atoms with Gasteiger partial charge in [-0.25, -0.2) is 4.98 Å². The zero-order valence-electron chi connectivity index (χ0n) is 12.4. The third-order valence-corrected chi connectivity index (χ3v) is 3.89. The molecular formula is C15H21N3OS. The van der Waals surface area contributed by atoms with Crippen LogP contribution in [0.3, 0.4) is 0 Å². The van der Waals surface area contributed by atoms with Crippen LogP contribution in [0.1, 0.15) is 31.3 Å². The number of methoxy groups -OCH3 is 1. The Morgan fingerprint density at radius 3 is 2.75 bits per heavy atom. The van der Waals surface area contributed by atoms with Gasteiger partial charge in [-0.3, -0.25) is 4.98 Å². The number of pyridine rings is 1. The molecule has 4 nitrogen and oxygen atoms in total. The molecule has 0 saturated heterocycles. The maximum atomic E-state index is 5.25. The van der Waals surface area contributed by atoms with Crippen molar-refractivity contribution in [2.24, 2.45) is 0 Å². The SMILES string of the molecule is COCc1nc(-c2cccnc2)sc1CNC(C)(C)C.